The van der Waals surface area contributed by atoms with E-state index in [1.165, 1.54) is 30.9 Å². The van der Waals surface area contributed by atoms with E-state index in [4.69, 9.17) is 14.5 Å². The zero-order chi connectivity index (χ0) is 21.8. The van der Waals surface area contributed by atoms with Crippen LogP contribution in [0.1, 0.15) is 19.8 Å². The van der Waals surface area contributed by atoms with Crippen molar-refractivity contribution in [1.82, 2.24) is 15.0 Å². The number of carbonyl (C=O) groups excluding carboxylic acids is 1. The fraction of sp³-hybridized carbons (Fsp3) is 0.429. The zero-order valence-corrected chi connectivity index (χ0v) is 19.4. The zero-order valence-electron chi connectivity index (χ0n) is 17.8. The predicted molar refractivity (Wildman–Crippen MR) is 125 cm³/mol. The van der Waals surface area contributed by atoms with E-state index in [0.717, 1.165) is 33.9 Å². The summed E-state index contributed by atoms with van der Waals surface area (Å²) in [7, 11) is 3.14. The van der Waals surface area contributed by atoms with Gasteiger partial charge in [-0.1, -0.05) is 30.0 Å². The largest absolute Gasteiger partial charge is 0.497 e. The van der Waals surface area contributed by atoms with E-state index in [1.54, 1.807) is 43.8 Å². The minimum Gasteiger partial charge on any atom is -0.497 e. The molecular formula is C21H25N5O3S2. The molecule has 1 fully saturated rings. The van der Waals surface area contributed by atoms with E-state index >= 15 is 0 Å². The molecule has 0 bridgehead atoms. The highest BCUT2D eigenvalue weighted by atomic mass is 32.2. The number of nitrogens with one attached hydrogen (secondary N) is 1. The SMILES string of the molecule is COc1ccc(NC(=O)CSc2ncnc3nc(N4CCC(C)CC4)sc23)c(OC)c1. The molecule has 1 aliphatic heterocycles. The Hall–Kier alpha value is -2.59. The number of rotatable bonds is 7. The van der Waals surface area contributed by atoms with Crippen LogP contribution < -0.4 is 19.7 Å². The lowest BCUT2D eigenvalue weighted by Gasteiger charge is -2.29. The average Bonchev–Trinajstić information content (AvgIpc) is 3.23. The van der Waals surface area contributed by atoms with Gasteiger partial charge >= 0.3 is 0 Å². The third-order valence-corrected chi connectivity index (χ3v) is 7.45. The summed E-state index contributed by atoms with van der Waals surface area (Å²) < 4.78 is 11.5. The van der Waals surface area contributed by atoms with Gasteiger partial charge < -0.3 is 19.7 Å². The van der Waals surface area contributed by atoms with E-state index in [1.807, 2.05) is 0 Å². The Morgan fingerprint density at radius 1 is 1.26 bits per heavy atom. The fourth-order valence-electron chi connectivity index (χ4n) is 3.38. The Labute approximate surface area is 189 Å². The molecule has 1 N–H and O–H groups in total. The molecule has 2 aromatic heterocycles. The molecule has 8 nitrogen and oxygen atoms in total. The van der Waals surface area contributed by atoms with Gasteiger partial charge in [-0.05, 0) is 30.9 Å². The van der Waals surface area contributed by atoms with Crippen molar-refractivity contribution in [1.29, 1.82) is 0 Å². The fourth-order valence-corrected chi connectivity index (χ4v) is 5.32. The van der Waals surface area contributed by atoms with Crippen molar-refractivity contribution >= 4 is 50.2 Å². The van der Waals surface area contributed by atoms with Crippen molar-refractivity contribution in [2.24, 2.45) is 5.92 Å². The second-order valence-corrected chi connectivity index (χ2v) is 9.34. The lowest BCUT2D eigenvalue weighted by Crippen LogP contribution is -2.32. The number of hydrogen-bond donors (Lipinski definition) is 1. The number of carbonyl (C=O) groups is 1. The lowest BCUT2D eigenvalue weighted by molar-refractivity contribution is -0.113. The monoisotopic (exact) mass is 459 g/mol. The quantitative estimate of drug-likeness (QED) is 0.418. The van der Waals surface area contributed by atoms with Gasteiger partial charge in [0.05, 0.1) is 25.7 Å². The molecule has 1 aromatic carbocycles. The molecule has 0 atom stereocenters. The molecule has 0 saturated carbocycles. The van der Waals surface area contributed by atoms with Crippen molar-refractivity contribution in [3.8, 4) is 11.5 Å². The Morgan fingerprint density at radius 2 is 2.06 bits per heavy atom. The number of anilines is 2. The van der Waals surface area contributed by atoms with Gasteiger partial charge in [0.1, 0.15) is 27.6 Å². The van der Waals surface area contributed by atoms with Crippen LogP contribution in [-0.4, -0.2) is 53.9 Å². The van der Waals surface area contributed by atoms with E-state index < -0.39 is 0 Å². The molecule has 1 aliphatic rings. The molecule has 10 heteroatoms. The maximum atomic E-state index is 12.5. The molecule has 31 heavy (non-hydrogen) atoms. The molecule has 1 saturated heterocycles. The summed E-state index contributed by atoms with van der Waals surface area (Å²) in [6.45, 7) is 4.33. The first-order chi connectivity index (χ1) is 15.1. The Balaban J connectivity index is 1.43. The van der Waals surface area contributed by atoms with Crippen LogP contribution in [0, 0.1) is 5.92 Å². The number of amides is 1. The van der Waals surface area contributed by atoms with Crippen LogP contribution in [0.25, 0.3) is 10.3 Å². The van der Waals surface area contributed by atoms with Crippen molar-refractivity contribution in [2.45, 2.75) is 24.8 Å². The van der Waals surface area contributed by atoms with Gasteiger partial charge in [-0.2, -0.15) is 4.98 Å². The highest BCUT2D eigenvalue weighted by molar-refractivity contribution is 8.00. The van der Waals surface area contributed by atoms with Gasteiger partial charge in [-0.25, -0.2) is 9.97 Å². The molecule has 0 unspecified atom stereocenters. The van der Waals surface area contributed by atoms with Crippen LogP contribution in [0.5, 0.6) is 11.5 Å². The molecule has 0 aliphatic carbocycles. The number of ether oxygens (including phenoxy) is 2. The van der Waals surface area contributed by atoms with Crippen molar-refractivity contribution in [3.05, 3.63) is 24.5 Å². The maximum absolute atomic E-state index is 12.5. The first-order valence-electron chi connectivity index (χ1n) is 10.1. The Bertz CT molecular complexity index is 1070. The highest BCUT2D eigenvalue weighted by Gasteiger charge is 2.21. The molecule has 164 valence electrons. The first-order valence-corrected chi connectivity index (χ1v) is 11.9. The van der Waals surface area contributed by atoms with Gasteiger partial charge in [-0.3, -0.25) is 4.79 Å². The van der Waals surface area contributed by atoms with Gasteiger partial charge in [-0.15, -0.1) is 0 Å². The number of thiazole rings is 1. The summed E-state index contributed by atoms with van der Waals surface area (Å²) in [4.78, 5) is 28.3. The Kier molecular flexibility index (Phi) is 6.77. The normalized spacial score (nSPS) is 14.6. The molecule has 0 spiro atoms. The van der Waals surface area contributed by atoms with Gasteiger partial charge in [0, 0.05) is 19.2 Å². The molecular weight excluding hydrogens is 434 g/mol. The molecule has 1 amide bonds. The number of fused-ring (bicyclic) bond motifs is 1. The number of benzene rings is 1. The lowest BCUT2D eigenvalue weighted by atomic mass is 10.00. The summed E-state index contributed by atoms with van der Waals surface area (Å²) in [5.74, 6) is 2.05. The third-order valence-electron chi connectivity index (χ3n) is 5.22. The number of piperidine rings is 1. The van der Waals surface area contributed by atoms with Crippen LogP contribution in [-0.2, 0) is 4.79 Å². The van der Waals surface area contributed by atoms with Crippen LogP contribution in [0.2, 0.25) is 0 Å². The summed E-state index contributed by atoms with van der Waals surface area (Å²) in [5, 5.41) is 4.64. The van der Waals surface area contributed by atoms with E-state index in [0.29, 0.717) is 22.8 Å². The van der Waals surface area contributed by atoms with Crippen molar-refractivity contribution < 1.29 is 14.3 Å². The smallest absolute Gasteiger partial charge is 0.234 e. The van der Waals surface area contributed by atoms with Crippen molar-refractivity contribution in [2.75, 3.05) is 43.3 Å². The molecule has 3 aromatic rings. The van der Waals surface area contributed by atoms with Gasteiger partial charge in [0.15, 0.2) is 10.8 Å². The highest BCUT2D eigenvalue weighted by Crippen LogP contribution is 2.35. The summed E-state index contributed by atoms with van der Waals surface area (Å²) in [5.41, 5.74) is 1.29. The van der Waals surface area contributed by atoms with Crippen LogP contribution in [0.3, 0.4) is 0 Å². The number of hydrogen-bond acceptors (Lipinski definition) is 9. The number of thioether (sulfide) groups is 1. The first kappa shape index (κ1) is 21.6. The standard InChI is InChI=1S/C21H25N5O3S2/c1-13-6-8-26(9-7-13)21-25-19-18(31-21)20(23-12-22-19)30-11-17(27)24-15-5-4-14(28-2)10-16(15)29-3/h4-5,10,12-13H,6-9,11H2,1-3H3,(H,24,27). The topological polar surface area (TPSA) is 89.5 Å². The average molecular weight is 460 g/mol. The predicted octanol–water partition coefficient (Wildman–Crippen LogP) is 4.07. The van der Waals surface area contributed by atoms with E-state index in [-0.39, 0.29) is 11.7 Å². The second-order valence-electron chi connectivity index (χ2n) is 7.40. The molecule has 3 heterocycles. The number of methoxy groups -OCH3 is 2. The summed E-state index contributed by atoms with van der Waals surface area (Å²) >= 11 is 2.98. The van der Waals surface area contributed by atoms with Crippen LogP contribution in [0.15, 0.2) is 29.6 Å². The molecule has 4 rings (SSSR count). The Morgan fingerprint density at radius 3 is 2.81 bits per heavy atom. The van der Waals surface area contributed by atoms with Gasteiger partial charge in [0.25, 0.3) is 0 Å². The minimum absolute atomic E-state index is 0.144. The van der Waals surface area contributed by atoms with E-state index in [2.05, 4.69) is 27.1 Å². The van der Waals surface area contributed by atoms with Crippen molar-refractivity contribution in [3.63, 3.8) is 0 Å². The van der Waals surface area contributed by atoms with Crippen LogP contribution in [0.4, 0.5) is 10.8 Å². The number of nitrogens with zero attached hydrogens (tertiary/aromatic N) is 4. The summed E-state index contributed by atoms with van der Waals surface area (Å²) in [6, 6.07) is 5.27. The third kappa shape index (κ3) is 5.01. The van der Waals surface area contributed by atoms with Crippen LogP contribution >= 0.6 is 23.1 Å². The minimum atomic E-state index is -0.144. The van der Waals surface area contributed by atoms with Gasteiger partial charge in [0.2, 0.25) is 5.91 Å². The number of aromatic nitrogens is 3. The second kappa shape index (κ2) is 9.69. The maximum Gasteiger partial charge on any atom is 0.234 e. The molecule has 0 radical (unpaired) electrons. The summed E-state index contributed by atoms with van der Waals surface area (Å²) in [6.07, 6.45) is 3.87. The van der Waals surface area contributed by atoms with E-state index in [9.17, 15) is 4.79 Å².